The molecule has 0 bridgehead atoms. The summed E-state index contributed by atoms with van der Waals surface area (Å²) in [6.45, 7) is 6.83. The maximum absolute atomic E-state index is 13.6. The van der Waals surface area contributed by atoms with Crippen molar-refractivity contribution >= 4 is 50.3 Å². The van der Waals surface area contributed by atoms with Gasteiger partial charge in [-0.3, -0.25) is 9.10 Å². The van der Waals surface area contributed by atoms with Crippen molar-refractivity contribution < 1.29 is 13.2 Å². The van der Waals surface area contributed by atoms with Gasteiger partial charge in [-0.15, -0.1) is 0 Å². The molecule has 0 aliphatic carbocycles. The van der Waals surface area contributed by atoms with Crippen LogP contribution in [0.25, 0.3) is 0 Å². The minimum Gasteiger partial charge on any atom is -0.306 e. The third-order valence-corrected chi connectivity index (χ3v) is 8.27. The highest BCUT2D eigenvalue weighted by Gasteiger charge is 2.34. The number of hydrogen-bond acceptors (Lipinski definition) is 4. The lowest BCUT2D eigenvalue weighted by Gasteiger charge is -2.23. The van der Waals surface area contributed by atoms with Gasteiger partial charge >= 0.3 is 0 Å². The number of fused-ring (bicyclic) bond motifs is 1. The zero-order chi connectivity index (χ0) is 25.2. The summed E-state index contributed by atoms with van der Waals surface area (Å²) in [5.74, 6) is 0.261. The summed E-state index contributed by atoms with van der Waals surface area (Å²) < 4.78 is 28.4. The Morgan fingerprint density at radius 3 is 2.37 bits per heavy atom. The molecule has 1 heterocycles. The van der Waals surface area contributed by atoms with Crippen LogP contribution in [0.3, 0.4) is 0 Å². The average Bonchev–Trinajstić information content (AvgIpc) is 3.10. The van der Waals surface area contributed by atoms with Gasteiger partial charge < -0.3 is 4.90 Å². The van der Waals surface area contributed by atoms with Gasteiger partial charge in [0.1, 0.15) is 10.6 Å². The third kappa shape index (κ3) is 4.97. The van der Waals surface area contributed by atoms with Crippen LogP contribution in [0.5, 0.6) is 0 Å². The number of sulfonamides is 1. The van der Waals surface area contributed by atoms with Crippen molar-refractivity contribution in [2.45, 2.75) is 32.1 Å². The Hall–Kier alpha value is -3.16. The van der Waals surface area contributed by atoms with Gasteiger partial charge in [-0.25, -0.2) is 13.4 Å². The second kappa shape index (κ2) is 10.2. The molecule has 182 valence electrons. The van der Waals surface area contributed by atoms with E-state index in [9.17, 15) is 13.2 Å². The Balaban J connectivity index is 1.75. The molecule has 0 spiro atoms. The summed E-state index contributed by atoms with van der Waals surface area (Å²) in [5, 5.41) is 0.0973. The van der Waals surface area contributed by atoms with Crippen molar-refractivity contribution in [1.29, 1.82) is 0 Å². The van der Waals surface area contributed by atoms with Crippen LogP contribution >= 0.6 is 11.6 Å². The number of amides is 1. The van der Waals surface area contributed by atoms with Crippen molar-refractivity contribution in [3.63, 3.8) is 0 Å². The van der Waals surface area contributed by atoms with Crippen molar-refractivity contribution in [2.75, 3.05) is 22.3 Å². The van der Waals surface area contributed by atoms with E-state index in [0.717, 1.165) is 17.7 Å². The molecule has 6 nitrogen and oxygen atoms in total. The molecule has 0 N–H and O–H groups in total. The van der Waals surface area contributed by atoms with Crippen LogP contribution in [0.1, 0.15) is 32.8 Å². The lowest BCUT2D eigenvalue weighted by atomic mass is 10.1. The number of rotatable bonds is 8. The van der Waals surface area contributed by atoms with E-state index in [2.05, 4.69) is 18.8 Å². The molecule has 1 aliphatic rings. The molecule has 8 heteroatoms. The lowest BCUT2D eigenvalue weighted by Crippen LogP contribution is -2.31. The van der Waals surface area contributed by atoms with Crippen molar-refractivity contribution in [1.82, 2.24) is 0 Å². The SMILES string of the molecule is CCN(c1ccccc1)S(=O)(=O)c1cc(N=C2C(=O)N(CCC(C)C)c3ccccc32)ccc1Cl. The molecule has 0 atom stereocenters. The second-order valence-electron chi connectivity index (χ2n) is 8.74. The first kappa shape index (κ1) is 24.9. The fraction of sp³-hybridized carbons (Fsp3) is 0.259. The van der Waals surface area contributed by atoms with E-state index in [1.54, 1.807) is 42.2 Å². The monoisotopic (exact) mass is 509 g/mol. The number of halogens is 1. The van der Waals surface area contributed by atoms with Crippen LogP contribution in [0.2, 0.25) is 5.02 Å². The molecule has 0 saturated heterocycles. The van der Waals surface area contributed by atoms with Crippen LogP contribution in [0.15, 0.2) is 82.7 Å². The molecule has 4 rings (SSSR count). The maximum Gasteiger partial charge on any atom is 0.277 e. The predicted molar refractivity (Wildman–Crippen MR) is 143 cm³/mol. The van der Waals surface area contributed by atoms with Crippen molar-refractivity contribution in [3.8, 4) is 0 Å². The number of hydrogen-bond donors (Lipinski definition) is 0. The van der Waals surface area contributed by atoms with E-state index in [1.165, 1.54) is 16.4 Å². The van der Waals surface area contributed by atoms with Crippen molar-refractivity contribution in [3.05, 3.63) is 83.4 Å². The lowest BCUT2D eigenvalue weighted by molar-refractivity contribution is -0.112. The van der Waals surface area contributed by atoms with Gasteiger partial charge in [0.05, 0.1) is 22.1 Å². The van der Waals surface area contributed by atoms with Gasteiger partial charge in [-0.05, 0) is 55.7 Å². The first-order valence-corrected chi connectivity index (χ1v) is 13.4. The summed E-state index contributed by atoms with van der Waals surface area (Å²) in [6, 6.07) is 21.0. The summed E-state index contributed by atoms with van der Waals surface area (Å²) >= 11 is 6.36. The van der Waals surface area contributed by atoms with Crippen LogP contribution < -0.4 is 9.21 Å². The zero-order valence-electron chi connectivity index (χ0n) is 20.0. The Labute approximate surface area is 211 Å². The summed E-state index contributed by atoms with van der Waals surface area (Å²) in [7, 11) is -3.96. The molecule has 1 amide bonds. The van der Waals surface area contributed by atoms with E-state index in [1.807, 2.05) is 30.3 Å². The smallest absolute Gasteiger partial charge is 0.277 e. The largest absolute Gasteiger partial charge is 0.306 e. The summed E-state index contributed by atoms with van der Waals surface area (Å²) in [6.07, 6.45) is 0.864. The van der Waals surface area contributed by atoms with Gasteiger partial charge in [0.2, 0.25) is 0 Å². The molecule has 0 saturated carbocycles. The fourth-order valence-corrected chi connectivity index (χ4v) is 6.04. The van der Waals surface area contributed by atoms with Gasteiger partial charge in [0.15, 0.2) is 0 Å². The Morgan fingerprint density at radius 1 is 1.00 bits per heavy atom. The molecule has 1 aliphatic heterocycles. The molecule has 3 aromatic rings. The van der Waals surface area contributed by atoms with Crippen LogP contribution in [-0.4, -0.2) is 33.1 Å². The zero-order valence-corrected chi connectivity index (χ0v) is 21.6. The van der Waals surface area contributed by atoms with Crippen molar-refractivity contribution in [2.24, 2.45) is 10.9 Å². The number of anilines is 2. The van der Waals surface area contributed by atoms with E-state index < -0.39 is 10.0 Å². The average molecular weight is 510 g/mol. The highest BCUT2D eigenvalue weighted by molar-refractivity contribution is 7.93. The molecule has 3 aromatic carbocycles. The summed E-state index contributed by atoms with van der Waals surface area (Å²) in [4.78, 5) is 19.6. The minimum absolute atomic E-state index is 0.0536. The normalized spacial score (nSPS) is 14.6. The van der Waals surface area contributed by atoms with Crippen LogP contribution in [-0.2, 0) is 14.8 Å². The van der Waals surface area contributed by atoms with Gasteiger partial charge in [0.25, 0.3) is 15.9 Å². The number of nitrogens with zero attached hydrogens (tertiary/aromatic N) is 3. The molecular weight excluding hydrogens is 482 g/mol. The standard InChI is InChI=1S/C27H28ClN3O3S/c1-4-31(21-10-6-5-7-11-21)35(33,34)25-18-20(14-15-23(25)28)29-26-22-12-8-9-13-24(22)30(27(26)32)17-16-19(2)3/h5-15,18-19H,4,16-17H2,1-3H3. The quantitative estimate of drug-likeness (QED) is 0.370. The van der Waals surface area contributed by atoms with E-state index >= 15 is 0 Å². The second-order valence-corrected chi connectivity index (χ2v) is 11.0. The van der Waals surface area contributed by atoms with Gasteiger partial charge in [-0.2, -0.15) is 0 Å². The highest BCUT2D eigenvalue weighted by atomic mass is 35.5. The van der Waals surface area contributed by atoms with E-state index in [0.29, 0.717) is 29.5 Å². The third-order valence-electron chi connectivity index (χ3n) is 5.88. The molecular formula is C27H28ClN3O3S. The molecule has 0 radical (unpaired) electrons. The first-order chi connectivity index (χ1) is 16.7. The Morgan fingerprint density at radius 2 is 1.69 bits per heavy atom. The number of benzene rings is 3. The first-order valence-electron chi connectivity index (χ1n) is 11.6. The fourth-order valence-electron chi connectivity index (χ4n) is 4.07. The maximum atomic E-state index is 13.6. The van der Waals surface area contributed by atoms with Gasteiger partial charge in [0, 0.05) is 18.7 Å². The number of carbonyl (C=O) groups is 1. The molecule has 35 heavy (non-hydrogen) atoms. The Kier molecular flexibility index (Phi) is 7.28. The van der Waals surface area contributed by atoms with Crippen LogP contribution in [0.4, 0.5) is 17.1 Å². The topological polar surface area (TPSA) is 70.0 Å². The van der Waals surface area contributed by atoms with E-state index in [-0.39, 0.29) is 22.4 Å². The molecule has 0 aromatic heterocycles. The van der Waals surface area contributed by atoms with Crippen LogP contribution in [0, 0.1) is 5.92 Å². The number of aliphatic imine (C=N–C) groups is 1. The summed E-state index contributed by atoms with van der Waals surface area (Å²) in [5.41, 5.74) is 2.75. The van der Waals surface area contributed by atoms with E-state index in [4.69, 9.17) is 11.6 Å². The molecule has 0 fully saturated rings. The highest BCUT2D eigenvalue weighted by Crippen LogP contribution is 2.34. The molecule has 0 unspecified atom stereocenters. The van der Waals surface area contributed by atoms with Gasteiger partial charge in [-0.1, -0.05) is 61.8 Å². The predicted octanol–water partition coefficient (Wildman–Crippen LogP) is 6.07. The number of para-hydroxylation sites is 2. The number of carbonyl (C=O) groups excluding carboxylic acids is 1. The minimum atomic E-state index is -3.96. The Bertz CT molecular complexity index is 1370.